The topological polar surface area (TPSA) is 21.3 Å². The van der Waals surface area contributed by atoms with Gasteiger partial charge in [0.05, 0.1) is 6.61 Å². The van der Waals surface area contributed by atoms with Gasteiger partial charge in [-0.25, -0.2) is 4.39 Å². The monoisotopic (exact) mass is 273 g/mol. The van der Waals surface area contributed by atoms with E-state index in [-0.39, 0.29) is 11.9 Å². The predicted molar refractivity (Wildman–Crippen MR) is 73.7 cm³/mol. The van der Waals surface area contributed by atoms with Gasteiger partial charge in [-0.3, -0.25) is 0 Å². The first-order chi connectivity index (χ1) is 8.67. The number of rotatable bonds is 8. The van der Waals surface area contributed by atoms with E-state index in [1.165, 1.54) is 12.1 Å². The number of hydrogen-bond donors (Lipinski definition) is 1. The Morgan fingerprint density at radius 2 is 2.17 bits per heavy atom. The highest BCUT2D eigenvalue weighted by atomic mass is 35.5. The Morgan fingerprint density at radius 1 is 1.39 bits per heavy atom. The van der Waals surface area contributed by atoms with E-state index in [0.29, 0.717) is 24.7 Å². The Balaban J connectivity index is 2.65. The van der Waals surface area contributed by atoms with Gasteiger partial charge < -0.3 is 10.1 Å². The van der Waals surface area contributed by atoms with E-state index in [1.807, 2.05) is 6.92 Å². The molecule has 0 bridgehead atoms. The minimum Gasteiger partial charge on any atom is -0.380 e. The lowest BCUT2D eigenvalue weighted by Crippen LogP contribution is -2.36. The second-order valence-electron chi connectivity index (χ2n) is 4.25. The van der Waals surface area contributed by atoms with Crippen molar-refractivity contribution >= 4 is 11.6 Å². The van der Waals surface area contributed by atoms with Crippen molar-refractivity contribution in [2.75, 3.05) is 19.8 Å². The zero-order valence-corrected chi connectivity index (χ0v) is 11.8. The summed E-state index contributed by atoms with van der Waals surface area (Å²) in [6.45, 7) is 6.29. The number of nitrogens with one attached hydrogen (secondary N) is 1. The molecule has 0 saturated heterocycles. The zero-order valence-electron chi connectivity index (χ0n) is 11.0. The molecule has 0 aliphatic carbocycles. The Bertz CT molecular complexity index is 352. The second kappa shape index (κ2) is 8.46. The Hall–Kier alpha value is -0.640. The van der Waals surface area contributed by atoms with Gasteiger partial charge in [-0.05, 0) is 50.1 Å². The molecule has 4 heteroatoms. The molecule has 18 heavy (non-hydrogen) atoms. The van der Waals surface area contributed by atoms with Crippen LogP contribution < -0.4 is 5.32 Å². The molecule has 1 aromatic carbocycles. The van der Waals surface area contributed by atoms with Crippen LogP contribution >= 0.6 is 11.6 Å². The van der Waals surface area contributed by atoms with Crippen molar-refractivity contribution in [3.8, 4) is 0 Å². The zero-order chi connectivity index (χ0) is 13.4. The first-order valence-electron chi connectivity index (χ1n) is 6.42. The van der Waals surface area contributed by atoms with Crippen molar-refractivity contribution in [3.63, 3.8) is 0 Å². The molecule has 0 spiro atoms. The molecule has 1 aromatic rings. The van der Waals surface area contributed by atoms with Gasteiger partial charge in [0.25, 0.3) is 0 Å². The van der Waals surface area contributed by atoms with Gasteiger partial charge in [-0.15, -0.1) is 0 Å². The maximum atomic E-state index is 13.2. The summed E-state index contributed by atoms with van der Waals surface area (Å²) in [5.74, 6) is -0.250. The van der Waals surface area contributed by atoms with Crippen molar-refractivity contribution in [1.82, 2.24) is 5.32 Å². The highest BCUT2D eigenvalue weighted by molar-refractivity contribution is 6.31. The lowest BCUT2D eigenvalue weighted by molar-refractivity contribution is 0.122. The van der Waals surface area contributed by atoms with E-state index < -0.39 is 0 Å². The molecule has 0 aliphatic rings. The summed E-state index contributed by atoms with van der Waals surface area (Å²) in [6, 6.07) is 4.64. The van der Waals surface area contributed by atoms with E-state index in [2.05, 4.69) is 12.2 Å². The lowest BCUT2D eigenvalue weighted by Gasteiger charge is -2.19. The normalized spacial score (nSPS) is 12.7. The van der Waals surface area contributed by atoms with E-state index in [4.69, 9.17) is 16.3 Å². The predicted octanol–water partition coefficient (Wildman–Crippen LogP) is 3.43. The largest absolute Gasteiger partial charge is 0.380 e. The van der Waals surface area contributed by atoms with Gasteiger partial charge in [0, 0.05) is 17.7 Å². The first-order valence-corrected chi connectivity index (χ1v) is 6.80. The van der Waals surface area contributed by atoms with Crippen LogP contribution in [0.3, 0.4) is 0 Å². The van der Waals surface area contributed by atoms with Crippen molar-refractivity contribution in [2.45, 2.75) is 32.7 Å². The Morgan fingerprint density at radius 3 is 2.83 bits per heavy atom. The summed E-state index contributed by atoms with van der Waals surface area (Å²) in [4.78, 5) is 0. The van der Waals surface area contributed by atoms with Gasteiger partial charge in [0.2, 0.25) is 0 Å². The molecular formula is C14H21ClFNO. The molecule has 0 amide bonds. The van der Waals surface area contributed by atoms with Gasteiger partial charge >= 0.3 is 0 Å². The smallest absolute Gasteiger partial charge is 0.123 e. The van der Waals surface area contributed by atoms with Crippen molar-refractivity contribution in [1.29, 1.82) is 0 Å². The van der Waals surface area contributed by atoms with Crippen molar-refractivity contribution in [3.05, 3.63) is 34.6 Å². The number of benzene rings is 1. The second-order valence-corrected chi connectivity index (χ2v) is 4.66. The summed E-state index contributed by atoms with van der Waals surface area (Å²) in [5, 5.41) is 4.00. The van der Waals surface area contributed by atoms with Crippen LogP contribution in [0, 0.1) is 5.82 Å². The molecule has 0 heterocycles. The highest BCUT2D eigenvalue weighted by Crippen LogP contribution is 2.18. The average molecular weight is 274 g/mol. The summed E-state index contributed by atoms with van der Waals surface area (Å²) in [6.07, 6.45) is 1.73. The molecule has 0 aromatic heterocycles. The van der Waals surface area contributed by atoms with Gasteiger partial charge in [0.15, 0.2) is 0 Å². The molecular weight excluding hydrogens is 253 g/mol. The van der Waals surface area contributed by atoms with Crippen LogP contribution in [0.25, 0.3) is 0 Å². The van der Waals surface area contributed by atoms with Gasteiger partial charge in [-0.1, -0.05) is 18.5 Å². The summed E-state index contributed by atoms with van der Waals surface area (Å²) < 4.78 is 18.6. The third kappa shape index (κ3) is 5.34. The lowest BCUT2D eigenvalue weighted by atomic mass is 10.1. The number of hydrogen-bond acceptors (Lipinski definition) is 2. The molecule has 102 valence electrons. The molecule has 0 fully saturated rings. The summed E-state index contributed by atoms with van der Waals surface area (Å²) in [7, 11) is 0. The SMILES string of the molecule is CCCNC(COCC)Cc1cc(F)ccc1Cl. The quantitative estimate of drug-likeness (QED) is 0.784. The molecule has 1 N–H and O–H groups in total. The summed E-state index contributed by atoms with van der Waals surface area (Å²) >= 11 is 6.07. The third-order valence-corrected chi connectivity index (χ3v) is 3.05. The van der Waals surface area contributed by atoms with Crippen molar-refractivity contribution in [2.24, 2.45) is 0 Å². The fourth-order valence-electron chi connectivity index (χ4n) is 1.76. The average Bonchev–Trinajstić information content (AvgIpc) is 2.37. The fraction of sp³-hybridized carbons (Fsp3) is 0.571. The number of ether oxygens (including phenoxy) is 1. The Kier molecular flexibility index (Phi) is 7.25. The maximum absolute atomic E-state index is 13.2. The third-order valence-electron chi connectivity index (χ3n) is 2.68. The fourth-order valence-corrected chi connectivity index (χ4v) is 1.96. The van der Waals surface area contributed by atoms with Crippen LogP contribution in [0.5, 0.6) is 0 Å². The van der Waals surface area contributed by atoms with Gasteiger partial charge in [0.1, 0.15) is 5.82 Å². The van der Waals surface area contributed by atoms with Crippen LogP contribution in [0.4, 0.5) is 4.39 Å². The van der Waals surface area contributed by atoms with E-state index >= 15 is 0 Å². The molecule has 0 radical (unpaired) electrons. The first kappa shape index (κ1) is 15.4. The van der Waals surface area contributed by atoms with Crippen LogP contribution in [0.2, 0.25) is 5.02 Å². The van der Waals surface area contributed by atoms with Gasteiger partial charge in [-0.2, -0.15) is 0 Å². The van der Waals surface area contributed by atoms with Crippen LogP contribution in [-0.2, 0) is 11.2 Å². The molecule has 2 nitrogen and oxygen atoms in total. The standard InChI is InChI=1S/C14H21ClFNO/c1-3-7-17-13(10-18-4-2)9-11-8-12(16)5-6-14(11)15/h5-6,8,13,17H,3-4,7,9-10H2,1-2H3. The minimum absolute atomic E-state index is 0.171. The molecule has 0 saturated carbocycles. The van der Waals surface area contributed by atoms with Crippen LogP contribution in [0.15, 0.2) is 18.2 Å². The van der Waals surface area contributed by atoms with E-state index in [9.17, 15) is 4.39 Å². The molecule has 1 atom stereocenters. The van der Waals surface area contributed by atoms with Crippen LogP contribution in [0.1, 0.15) is 25.8 Å². The van der Waals surface area contributed by atoms with E-state index in [1.54, 1.807) is 6.07 Å². The number of halogens is 2. The van der Waals surface area contributed by atoms with Crippen LogP contribution in [-0.4, -0.2) is 25.8 Å². The minimum atomic E-state index is -0.250. The maximum Gasteiger partial charge on any atom is 0.123 e. The molecule has 1 rings (SSSR count). The van der Waals surface area contributed by atoms with Crippen molar-refractivity contribution < 1.29 is 9.13 Å². The van der Waals surface area contributed by atoms with E-state index in [0.717, 1.165) is 18.5 Å². The Labute approximate surface area is 113 Å². The molecule has 1 unspecified atom stereocenters. The highest BCUT2D eigenvalue weighted by Gasteiger charge is 2.12. The molecule has 0 aliphatic heterocycles. The summed E-state index contributed by atoms with van der Waals surface area (Å²) in [5.41, 5.74) is 0.824.